The molecule has 1 heterocycles. The number of piperazine rings is 1. The summed E-state index contributed by atoms with van der Waals surface area (Å²) in [7, 11) is 0. The Labute approximate surface area is 163 Å². The summed E-state index contributed by atoms with van der Waals surface area (Å²) in [5.74, 6) is -0.705. The summed E-state index contributed by atoms with van der Waals surface area (Å²) in [5.41, 5.74) is 1.40. The summed E-state index contributed by atoms with van der Waals surface area (Å²) in [5, 5.41) is 0. The van der Waals surface area contributed by atoms with Gasteiger partial charge in [0.05, 0.1) is 5.69 Å². The summed E-state index contributed by atoms with van der Waals surface area (Å²) < 4.78 is 14.3. The Hall–Kier alpha value is -3.02. The highest BCUT2D eigenvalue weighted by atomic mass is 19.1. The van der Waals surface area contributed by atoms with Gasteiger partial charge in [-0.2, -0.15) is 0 Å². The number of halogens is 1. The summed E-state index contributed by atoms with van der Waals surface area (Å²) in [4.78, 5) is 39.5. The SMILES string of the molecule is CC(=O)c1ccc(N2CCN(C(=O)CCC(=O)c3ccccc3)CC2)c(F)c1. The van der Waals surface area contributed by atoms with Crippen molar-refractivity contribution in [2.45, 2.75) is 19.8 Å². The van der Waals surface area contributed by atoms with Gasteiger partial charge in [0.1, 0.15) is 5.82 Å². The quantitative estimate of drug-likeness (QED) is 0.719. The molecule has 0 bridgehead atoms. The molecule has 0 unspecified atom stereocenters. The van der Waals surface area contributed by atoms with E-state index in [2.05, 4.69) is 0 Å². The number of carbonyl (C=O) groups is 3. The Kier molecular flexibility index (Phi) is 6.19. The molecule has 0 N–H and O–H groups in total. The summed E-state index contributed by atoms with van der Waals surface area (Å²) in [6.45, 7) is 3.38. The molecule has 1 aliphatic heterocycles. The Balaban J connectivity index is 1.51. The lowest BCUT2D eigenvalue weighted by Crippen LogP contribution is -2.49. The molecule has 0 spiro atoms. The van der Waals surface area contributed by atoms with Crippen LogP contribution >= 0.6 is 0 Å². The van der Waals surface area contributed by atoms with Crippen LogP contribution in [0.3, 0.4) is 0 Å². The largest absolute Gasteiger partial charge is 0.366 e. The fourth-order valence-electron chi connectivity index (χ4n) is 3.33. The number of benzene rings is 2. The van der Waals surface area contributed by atoms with Gasteiger partial charge in [-0.25, -0.2) is 4.39 Å². The molecule has 0 radical (unpaired) electrons. The minimum Gasteiger partial charge on any atom is -0.366 e. The zero-order valence-electron chi connectivity index (χ0n) is 15.9. The van der Waals surface area contributed by atoms with Crippen LogP contribution in [0.5, 0.6) is 0 Å². The molecule has 3 rings (SSSR count). The Morgan fingerprint density at radius 2 is 1.57 bits per heavy atom. The van der Waals surface area contributed by atoms with Crippen molar-refractivity contribution in [1.82, 2.24) is 4.90 Å². The zero-order chi connectivity index (χ0) is 20.1. The van der Waals surface area contributed by atoms with Crippen LogP contribution in [0.2, 0.25) is 0 Å². The highest BCUT2D eigenvalue weighted by Crippen LogP contribution is 2.22. The lowest BCUT2D eigenvalue weighted by Gasteiger charge is -2.36. The van der Waals surface area contributed by atoms with E-state index in [0.717, 1.165) is 0 Å². The van der Waals surface area contributed by atoms with E-state index in [4.69, 9.17) is 0 Å². The van der Waals surface area contributed by atoms with Crippen molar-refractivity contribution in [3.8, 4) is 0 Å². The second-order valence-electron chi connectivity index (χ2n) is 6.88. The van der Waals surface area contributed by atoms with E-state index in [9.17, 15) is 18.8 Å². The van der Waals surface area contributed by atoms with Crippen molar-refractivity contribution < 1.29 is 18.8 Å². The standard InChI is InChI=1S/C22H23FN2O3/c1-16(26)18-7-8-20(19(23)15-18)24-11-13-25(14-12-24)22(28)10-9-21(27)17-5-3-2-4-6-17/h2-8,15H,9-14H2,1H3. The van der Waals surface area contributed by atoms with E-state index in [1.807, 2.05) is 11.0 Å². The number of anilines is 1. The molecule has 5 nitrogen and oxygen atoms in total. The van der Waals surface area contributed by atoms with E-state index in [-0.39, 0.29) is 30.3 Å². The maximum absolute atomic E-state index is 14.3. The van der Waals surface area contributed by atoms with E-state index < -0.39 is 5.82 Å². The van der Waals surface area contributed by atoms with E-state index >= 15 is 0 Å². The fraction of sp³-hybridized carbons (Fsp3) is 0.318. The van der Waals surface area contributed by atoms with Gasteiger partial charge < -0.3 is 9.80 Å². The predicted molar refractivity (Wildman–Crippen MR) is 105 cm³/mol. The van der Waals surface area contributed by atoms with Gasteiger partial charge in [-0.15, -0.1) is 0 Å². The van der Waals surface area contributed by atoms with Crippen LogP contribution in [0.15, 0.2) is 48.5 Å². The van der Waals surface area contributed by atoms with Crippen molar-refractivity contribution in [2.75, 3.05) is 31.1 Å². The maximum atomic E-state index is 14.3. The molecular formula is C22H23FN2O3. The maximum Gasteiger partial charge on any atom is 0.223 e. The number of ketones is 2. The number of nitrogens with zero attached hydrogens (tertiary/aromatic N) is 2. The predicted octanol–water partition coefficient (Wildman–Crippen LogP) is 3.34. The average Bonchev–Trinajstić information content (AvgIpc) is 2.72. The van der Waals surface area contributed by atoms with Gasteiger partial charge in [0, 0.05) is 50.1 Å². The van der Waals surface area contributed by atoms with Crippen LogP contribution in [-0.4, -0.2) is 48.6 Å². The Morgan fingerprint density at radius 3 is 2.18 bits per heavy atom. The molecule has 1 aliphatic rings. The molecule has 2 aromatic rings. The number of amides is 1. The van der Waals surface area contributed by atoms with Crippen LogP contribution in [0.25, 0.3) is 0 Å². The molecule has 146 valence electrons. The second kappa shape index (κ2) is 8.78. The highest BCUT2D eigenvalue weighted by Gasteiger charge is 2.23. The Bertz CT molecular complexity index is 875. The summed E-state index contributed by atoms with van der Waals surface area (Å²) in [6, 6.07) is 13.4. The molecule has 1 amide bonds. The zero-order valence-corrected chi connectivity index (χ0v) is 15.9. The molecule has 0 saturated carbocycles. The van der Waals surface area contributed by atoms with Gasteiger partial charge in [0.15, 0.2) is 11.6 Å². The molecule has 2 aromatic carbocycles. The fourth-order valence-corrected chi connectivity index (χ4v) is 3.33. The molecule has 1 saturated heterocycles. The monoisotopic (exact) mass is 382 g/mol. The second-order valence-corrected chi connectivity index (χ2v) is 6.88. The van der Waals surface area contributed by atoms with E-state index in [0.29, 0.717) is 43.0 Å². The van der Waals surface area contributed by atoms with Crippen molar-refractivity contribution in [2.24, 2.45) is 0 Å². The first-order chi connectivity index (χ1) is 13.5. The normalized spacial score (nSPS) is 14.1. The van der Waals surface area contributed by atoms with Crippen molar-refractivity contribution in [3.63, 3.8) is 0 Å². The van der Waals surface area contributed by atoms with Gasteiger partial charge in [-0.1, -0.05) is 30.3 Å². The molecule has 0 aromatic heterocycles. The minimum absolute atomic E-state index is 0.0415. The van der Waals surface area contributed by atoms with Crippen LogP contribution in [-0.2, 0) is 4.79 Å². The van der Waals surface area contributed by atoms with Gasteiger partial charge >= 0.3 is 0 Å². The van der Waals surface area contributed by atoms with Crippen LogP contribution in [0.4, 0.5) is 10.1 Å². The molecule has 6 heteroatoms. The Morgan fingerprint density at radius 1 is 0.893 bits per heavy atom. The first-order valence-corrected chi connectivity index (χ1v) is 9.37. The first-order valence-electron chi connectivity index (χ1n) is 9.37. The topological polar surface area (TPSA) is 57.7 Å². The third-order valence-electron chi connectivity index (χ3n) is 4.99. The third kappa shape index (κ3) is 4.63. The number of hydrogen-bond acceptors (Lipinski definition) is 4. The highest BCUT2D eigenvalue weighted by molar-refractivity contribution is 5.98. The number of Topliss-reactive ketones (excluding diaryl/α,β-unsaturated/α-hetero) is 2. The number of rotatable bonds is 6. The molecular weight excluding hydrogens is 359 g/mol. The lowest BCUT2D eigenvalue weighted by molar-refractivity contribution is -0.131. The van der Waals surface area contributed by atoms with Crippen LogP contribution < -0.4 is 4.90 Å². The third-order valence-corrected chi connectivity index (χ3v) is 4.99. The summed E-state index contributed by atoms with van der Waals surface area (Å²) in [6.07, 6.45) is 0.361. The van der Waals surface area contributed by atoms with E-state index in [1.165, 1.54) is 13.0 Å². The molecule has 0 aliphatic carbocycles. The molecule has 0 atom stereocenters. The van der Waals surface area contributed by atoms with Gasteiger partial charge in [-0.05, 0) is 25.1 Å². The van der Waals surface area contributed by atoms with E-state index in [1.54, 1.807) is 41.3 Å². The first kappa shape index (κ1) is 19.7. The summed E-state index contributed by atoms with van der Waals surface area (Å²) >= 11 is 0. The van der Waals surface area contributed by atoms with Crippen molar-refractivity contribution in [3.05, 3.63) is 65.5 Å². The average molecular weight is 382 g/mol. The van der Waals surface area contributed by atoms with Gasteiger partial charge in [0.2, 0.25) is 5.91 Å². The minimum atomic E-state index is -0.430. The molecule has 1 fully saturated rings. The van der Waals surface area contributed by atoms with Crippen molar-refractivity contribution in [1.29, 1.82) is 0 Å². The smallest absolute Gasteiger partial charge is 0.223 e. The lowest BCUT2D eigenvalue weighted by atomic mass is 10.1. The van der Waals surface area contributed by atoms with Crippen LogP contribution in [0, 0.1) is 5.82 Å². The number of hydrogen-bond donors (Lipinski definition) is 0. The van der Waals surface area contributed by atoms with Crippen molar-refractivity contribution >= 4 is 23.2 Å². The van der Waals surface area contributed by atoms with Gasteiger partial charge in [0.25, 0.3) is 0 Å². The van der Waals surface area contributed by atoms with Gasteiger partial charge in [-0.3, -0.25) is 14.4 Å². The van der Waals surface area contributed by atoms with Crippen LogP contribution in [0.1, 0.15) is 40.5 Å². The number of carbonyl (C=O) groups excluding carboxylic acids is 3. The molecule has 28 heavy (non-hydrogen) atoms.